The number of anilines is 1. The van der Waals surface area contributed by atoms with Crippen molar-refractivity contribution in [2.75, 3.05) is 30.3 Å². The van der Waals surface area contributed by atoms with Gasteiger partial charge >= 0.3 is 0 Å². The normalized spacial score (nSPS) is 18.6. The number of nitrogens with one attached hydrogen (secondary N) is 1. The van der Waals surface area contributed by atoms with Gasteiger partial charge in [0, 0.05) is 18.1 Å². The molecule has 2 aliphatic rings. The summed E-state index contributed by atoms with van der Waals surface area (Å²) in [6.07, 6.45) is 3.30. The number of fused-ring (bicyclic) bond motifs is 2. The van der Waals surface area contributed by atoms with E-state index in [1.165, 1.54) is 0 Å². The van der Waals surface area contributed by atoms with Gasteiger partial charge in [0.2, 0.25) is 15.9 Å². The average Bonchev–Trinajstić information content (AvgIpc) is 2.81. The standard InChI is InChI=1S/C24H30N2O6S/c1-4-24(5-2)15-19(18-8-6-7-9-20(18)32-24)25-23(27)16-26(33(3,28)29)17-10-11-21-22(14-17)31-13-12-30-21/h6-11,14,19H,4-5,12-13,15-16H2,1-3H3,(H,25,27). The van der Waals surface area contributed by atoms with Crippen molar-refractivity contribution in [3.05, 3.63) is 48.0 Å². The van der Waals surface area contributed by atoms with Gasteiger partial charge in [-0.3, -0.25) is 9.10 Å². The Kier molecular flexibility index (Phi) is 6.43. The number of rotatable bonds is 7. The van der Waals surface area contributed by atoms with Crippen LogP contribution in [0.3, 0.4) is 0 Å². The monoisotopic (exact) mass is 474 g/mol. The maximum atomic E-state index is 13.1. The minimum absolute atomic E-state index is 0.274. The van der Waals surface area contributed by atoms with Crippen molar-refractivity contribution in [2.24, 2.45) is 0 Å². The van der Waals surface area contributed by atoms with Gasteiger partial charge in [-0.15, -0.1) is 0 Å². The van der Waals surface area contributed by atoms with Crippen LogP contribution in [0.15, 0.2) is 42.5 Å². The van der Waals surface area contributed by atoms with E-state index in [2.05, 4.69) is 19.2 Å². The lowest BCUT2D eigenvalue weighted by Crippen LogP contribution is -2.47. The van der Waals surface area contributed by atoms with Crippen LogP contribution in [0.5, 0.6) is 17.2 Å². The average molecular weight is 475 g/mol. The predicted octanol–water partition coefficient (Wildman–Crippen LogP) is 3.42. The maximum absolute atomic E-state index is 13.1. The van der Waals surface area contributed by atoms with Crippen molar-refractivity contribution in [1.82, 2.24) is 5.32 Å². The Labute approximate surface area is 194 Å². The van der Waals surface area contributed by atoms with E-state index in [0.29, 0.717) is 36.8 Å². The largest absolute Gasteiger partial charge is 0.487 e. The number of hydrogen-bond acceptors (Lipinski definition) is 6. The molecule has 2 aromatic rings. The minimum Gasteiger partial charge on any atom is -0.487 e. The second kappa shape index (κ2) is 9.13. The Morgan fingerprint density at radius 2 is 1.76 bits per heavy atom. The van der Waals surface area contributed by atoms with Gasteiger partial charge in [-0.05, 0) is 31.0 Å². The highest BCUT2D eigenvalue weighted by molar-refractivity contribution is 7.92. The van der Waals surface area contributed by atoms with Crippen LogP contribution in [-0.4, -0.2) is 45.9 Å². The summed E-state index contributed by atoms with van der Waals surface area (Å²) in [5.74, 6) is 1.38. The molecule has 4 rings (SSSR count). The summed E-state index contributed by atoms with van der Waals surface area (Å²) in [5, 5.41) is 3.05. The summed E-state index contributed by atoms with van der Waals surface area (Å²) in [6, 6.07) is 12.2. The first-order chi connectivity index (χ1) is 15.7. The number of benzene rings is 2. The summed E-state index contributed by atoms with van der Waals surface area (Å²) >= 11 is 0. The van der Waals surface area contributed by atoms with Crippen molar-refractivity contribution >= 4 is 21.6 Å². The van der Waals surface area contributed by atoms with Crippen molar-refractivity contribution in [1.29, 1.82) is 0 Å². The third kappa shape index (κ3) is 4.88. The number of nitrogens with zero attached hydrogens (tertiary/aromatic N) is 1. The number of carbonyl (C=O) groups excluding carboxylic acids is 1. The van der Waals surface area contributed by atoms with Crippen LogP contribution in [-0.2, 0) is 14.8 Å². The lowest BCUT2D eigenvalue weighted by molar-refractivity contribution is -0.121. The highest BCUT2D eigenvalue weighted by Gasteiger charge is 2.39. The van der Waals surface area contributed by atoms with E-state index >= 15 is 0 Å². The molecule has 0 saturated carbocycles. The second-order valence-corrected chi connectivity index (χ2v) is 10.4. The molecule has 0 aromatic heterocycles. The van der Waals surface area contributed by atoms with Gasteiger partial charge < -0.3 is 19.5 Å². The molecule has 0 fully saturated rings. The van der Waals surface area contributed by atoms with Crippen LogP contribution in [0.25, 0.3) is 0 Å². The van der Waals surface area contributed by atoms with Gasteiger partial charge in [0.05, 0.1) is 18.0 Å². The number of para-hydroxylation sites is 1. The Hall–Kier alpha value is -2.94. The van der Waals surface area contributed by atoms with Crippen LogP contribution < -0.4 is 23.8 Å². The summed E-state index contributed by atoms with van der Waals surface area (Å²) in [5.41, 5.74) is 0.868. The zero-order chi connectivity index (χ0) is 23.6. The van der Waals surface area contributed by atoms with E-state index in [1.807, 2.05) is 24.3 Å². The van der Waals surface area contributed by atoms with Crippen LogP contribution in [0, 0.1) is 0 Å². The molecule has 178 valence electrons. The fourth-order valence-corrected chi connectivity index (χ4v) is 5.24. The number of sulfonamides is 1. The van der Waals surface area contributed by atoms with Gasteiger partial charge in [0.15, 0.2) is 11.5 Å². The molecular weight excluding hydrogens is 444 g/mol. The van der Waals surface area contributed by atoms with Crippen molar-refractivity contribution in [3.63, 3.8) is 0 Å². The van der Waals surface area contributed by atoms with Crippen molar-refractivity contribution < 1.29 is 27.4 Å². The second-order valence-electron chi connectivity index (χ2n) is 8.45. The summed E-state index contributed by atoms with van der Waals surface area (Å²) in [7, 11) is -3.72. The van der Waals surface area contributed by atoms with E-state index in [1.54, 1.807) is 18.2 Å². The van der Waals surface area contributed by atoms with Crippen molar-refractivity contribution in [2.45, 2.75) is 44.8 Å². The molecule has 2 aliphatic heterocycles. The van der Waals surface area contributed by atoms with E-state index in [9.17, 15) is 13.2 Å². The highest BCUT2D eigenvalue weighted by atomic mass is 32.2. The predicted molar refractivity (Wildman–Crippen MR) is 126 cm³/mol. The lowest BCUT2D eigenvalue weighted by Gasteiger charge is -2.41. The fraction of sp³-hybridized carbons (Fsp3) is 0.458. The first-order valence-electron chi connectivity index (χ1n) is 11.2. The van der Waals surface area contributed by atoms with E-state index in [0.717, 1.165) is 34.7 Å². The van der Waals surface area contributed by atoms with E-state index in [4.69, 9.17) is 14.2 Å². The summed E-state index contributed by atoms with van der Waals surface area (Å²) < 4.78 is 43.6. The molecule has 9 heteroatoms. The third-order valence-electron chi connectivity index (χ3n) is 6.32. The molecule has 0 aliphatic carbocycles. The Bertz CT molecular complexity index is 1130. The van der Waals surface area contributed by atoms with Gasteiger partial charge in [-0.25, -0.2) is 8.42 Å². The Morgan fingerprint density at radius 1 is 1.06 bits per heavy atom. The van der Waals surface area contributed by atoms with Crippen molar-refractivity contribution in [3.8, 4) is 17.2 Å². The smallest absolute Gasteiger partial charge is 0.241 e. The third-order valence-corrected chi connectivity index (χ3v) is 7.46. The van der Waals surface area contributed by atoms with E-state index in [-0.39, 0.29) is 18.2 Å². The van der Waals surface area contributed by atoms with E-state index < -0.39 is 15.9 Å². The molecule has 0 saturated heterocycles. The topological polar surface area (TPSA) is 94.2 Å². The van der Waals surface area contributed by atoms with Crippen LogP contribution in [0.1, 0.15) is 44.7 Å². The number of carbonyl (C=O) groups is 1. The van der Waals surface area contributed by atoms with Crippen LogP contribution in [0.4, 0.5) is 5.69 Å². The number of amides is 1. The minimum atomic E-state index is -3.72. The molecule has 0 spiro atoms. The van der Waals surface area contributed by atoms with Crippen LogP contribution in [0.2, 0.25) is 0 Å². The number of ether oxygens (including phenoxy) is 3. The molecule has 1 atom stereocenters. The fourth-order valence-electron chi connectivity index (χ4n) is 4.39. The van der Waals surface area contributed by atoms with Gasteiger partial charge in [0.1, 0.15) is 31.1 Å². The molecule has 2 aromatic carbocycles. The molecule has 8 nitrogen and oxygen atoms in total. The summed E-state index contributed by atoms with van der Waals surface area (Å²) in [6.45, 7) is 4.63. The SMILES string of the molecule is CCC1(CC)CC(NC(=O)CN(c2ccc3c(c2)OCCO3)S(C)(=O)=O)c2ccccc2O1. The first-order valence-corrected chi connectivity index (χ1v) is 13.0. The molecule has 1 amide bonds. The lowest BCUT2D eigenvalue weighted by atomic mass is 9.83. The first kappa shape index (κ1) is 23.2. The van der Waals surface area contributed by atoms with Gasteiger partial charge in [-0.1, -0.05) is 32.0 Å². The summed E-state index contributed by atoms with van der Waals surface area (Å²) in [4.78, 5) is 13.1. The molecule has 1 N–H and O–H groups in total. The Balaban J connectivity index is 1.57. The van der Waals surface area contributed by atoms with Gasteiger partial charge in [0.25, 0.3) is 0 Å². The molecule has 1 unspecified atom stereocenters. The zero-order valence-corrected chi connectivity index (χ0v) is 20.0. The molecule has 0 bridgehead atoms. The number of hydrogen-bond donors (Lipinski definition) is 1. The molecule has 0 radical (unpaired) electrons. The molecular formula is C24H30N2O6S. The van der Waals surface area contributed by atoms with Crippen LogP contribution >= 0.6 is 0 Å². The quantitative estimate of drug-likeness (QED) is 0.661. The maximum Gasteiger partial charge on any atom is 0.241 e. The highest BCUT2D eigenvalue weighted by Crippen LogP contribution is 2.42. The Morgan fingerprint density at radius 3 is 2.45 bits per heavy atom. The van der Waals surface area contributed by atoms with Gasteiger partial charge in [-0.2, -0.15) is 0 Å². The zero-order valence-electron chi connectivity index (χ0n) is 19.2. The molecule has 2 heterocycles. The molecule has 33 heavy (non-hydrogen) atoms.